The number of thiocarbonyl (C=S) groups is 1. The lowest BCUT2D eigenvalue weighted by Crippen LogP contribution is -2.15. The number of hydrogen-bond acceptors (Lipinski definition) is 3. The van der Waals surface area contributed by atoms with E-state index in [0.29, 0.717) is 11.0 Å². The Morgan fingerprint density at radius 2 is 2.12 bits per heavy atom. The van der Waals surface area contributed by atoms with E-state index in [9.17, 15) is 4.79 Å². The molecule has 1 aromatic heterocycles. The highest BCUT2D eigenvalue weighted by Crippen LogP contribution is 2.21. The molecule has 2 aromatic rings. The molecule has 0 bridgehead atoms. The molecule has 3 heteroatoms. The van der Waals surface area contributed by atoms with Gasteiger partial charge in [0, 0.05) is 6.07 Å². The average Bonchev–Trinajstić information content (AvgIpc) is 2.30. The van der Waals surface area contributed by atoms with Crippen molar-refractivity contribution < 1.29 is 4.42 Å². The second kappa shape index (κ2) is 4.41. The molecular formula is C14H14O2S. The number of fused-ring (bicyclic) bond motifs is 1. The van der Waals surface area contributed by atoms with E-state index >= 15 is 0 Å². The summed E-state index contributed by atoms with van der Waals surface area (Å²) >= 11 is 5.00. The molecule has 1 heterocycles. The van der Waals surface area contributed by atoms with Crippen LogP contribution in [0.4, 0.5) is 0 Å². The minimum absolute atomic E-state index is 0.00624. The summed E-state index contributed by atoms with van der Waals surface area (Å²) in [6.45, 7) is 4.16. The number of hydrogen-bond donors (Lipinski definition) is 0. The summed E-state index contributed by atoms with van der Waals surface area (Å²) in [5.41, 5.74) is 1.68. The molecule has 0 radical (unpaired) electrons. The van der Waals surface area contributed by atoms with Gasteiger partial charge in [-0.05, 0) is 34.9 Å². The molecule has 0 saturated carbocycles. The fourth-order valence-electron chi connectivity index (χ4n) is 1.81. The molecule has 0 unspecified atom stereocenters. The van der Waals surface area contributed by atoms with Crippen molar-refractivity contribution >= 4 is 28.6 Å². The fourth-order valence-corrected chi connectivity index (χ4v) is 1.89. The topological polar surface area (TPSA) is 30.2 Å². The Bertz CT molecular complexity index is 611. The molecule has 88 valence electrons. The molecule has 0 atom stereocenters. The molecule has 0 aliphatic carbocycles. The highest BCUT2D eigenvalue weighted by molar-refractivity contribution is 7.79. The molecule has 0 saturated heterocycles. The zero-order valence-corrected chi connectivity index (χ0v) is 10.7. The van der Waals surface area contributed by atoms with Crippen molar-refractivity contribution in [1.82, 2.24) is 0 Å². The lowest BCUT2D eigenvalue weighted by atomic mass is 9.88. The zero-order valence-electron chi connectivity index (χ0n) is 9.90. The second-order valence-electron chi connectivity index (χ2n) is 4.90. The van der Waals surface area contributed by atoms with Gasteiger partial charge in [-0.3, -0.25) is 4.79 Å². The maximum absolute atomic E-state index is 11.7. The van der Waals surface area contributed by atoms with Crippen LogP contribution >= 0.6 is 12.2 Å². The first kappa shape index (κ1) is 12.0. The third kappa shape index (κ3) is 2.61. The maximum atomic E-state index is 11.7. The smallest absolute Gasteiger partial charge is 0.192 e. The van der Waals surface area contributed by atoms with E-state index in [4.69, 9.17) is 16.6 Å². The Labute approximate surface area is 105 Å². The monoisotopic (exact) mass is 246 g/mol. The summed E-state index contributed by atoms with van der Waals surface area (Å²) in [5.74, 6) is 0. The first-order chi connectivity index (χ1) is 8.02. The molecule has 0 spiro atoms. The Hall–Kier alpha value is -1.48. The van der Waals surface area contributed by atoms with Gasteiger partial charge in [-0.1, -0.05) is 32.1 Å². The Morgan fingerprint density at radius 1 is 1.35 bits per heavy atom. The molecule has 2 nitrogen and oxygen atoms in total. The molecule has 1 aromatic carbocycles. The normalized spacial score (nSPS) is 11.6. The molecule has 2 rings (SSSR count). The lowest BCUT2D eigenvalue weighted by molar-refractivity contribution is 0.539. The van der Waals surface area contributed by atoms with Gasteiger partial charge in [0.05, 0.1) is 11.6 Å². The molecule has 0 N–H and O–H groups in total. The summed E-state index contributed by atoms with van der Waals surface area (Å²) < 4.78 is 5.28. The van der Waals surface area contributed by atoms with Crippen molar-refractivity contribution in [2.45, 2.75) is 20.3 Å². The van der Waals surface area contributed by atoms with Gasteiger partial charge in [0.25, 0.3) is 0 Å². The van der Waals surface area contributed by atoms with Gasteiger partial charge in [0.2, 0.25) is 0 Å². The molecule has 0 fully saturated rings. The summed E-state index contributed by atoms with van der Waals surface area (Å²) in [4.78, 5) is 11.7. The first-order valence-electron chi connectivity index (χ1n) is 5.49. The number of benzene rings is 1. The predicted molar refractivity (Wildman–Crippen MR) is 73.6 cm³/mol. The van der Waals surface area contributed by atoms with Crippen molar-refractivity contribution in [3.8, 4) is 0 Å². The van der Waals surface area contributed by atoms with E-state index < -0.39 is 0 Å². The Kier molecular flexibility index (Phi) is 3.11. The second-order valence-corrected chi connectivity index (χ2v) is 5.13. The summed E-state index contributed by atoms with van der Waals surface area (Å²) in [7, 11) is 0. The van der Waals surface area contributed by atoms with Crippen LogP contribution in [-0.2, 0) is 6.42 Å². The van der Waals surface area contributed by atoms with Crippen LogP contribution in [0.2, 0.25) is 0 Å². The van der Waals surface area contributed by atoms with Gasteiger partial charge in [-0.15, -0.1) is 0 Å². The molecule has 0 aliphatic rings. The van der Waals surface area contributed by atoms with Crippen molar-refractivity contribution in [1.29, 1.82) is 0 Å². The quantitative estimate of drug-likeness (QED) is 0.778. The standard InChI is InChI=1S/C14H14O2S/c1-14(2,9-17)8-10-3-4-13-11(7-10)12(15)5-6-16-13/h3-7,9H,8H2,1-2H3. The van der Waals surface area contributed by atoms with Gasteiger partial charge in [-0.2, -0.15) is 0 Å². The van der Waals surface area contributed by atoms with Gasteiger partial charge in [-0.25, -0.2) is 0 Å². The minimum atomic E-state index is -0.0437. The highest BCUT2D eigenvalue weighted by atomic mass is 32.1. The van der Waals surface area contributed by atoms with E-state index in [1.54, 1.807) is 5.37 Å². The van der Waals surface area contributed by atoms with Crippen LogP contribution in [-0.4, -0.2) is 5.37 Å². The molecular weight excluding hydrogens is 232 g/mol. The van der Waals surface area contributed by atoms with Crippen LogP contribution in [0, 0.1) is 5.41 Å². The van der Waals surface area contributed by atoms with Crippen molar-refractivity contribution in [2.75, 3.05) is 0 Å². The predicted octanol–water partition coefficient (Wildman–Crippen LogP) is 3.36. The van der Waals surface area contributed by atoms with E-state index in [2.05, 4.69) is 13.8 Å². The van der Waals surface area contributed by atoms with Crippen molar-refractivity contribution in [2.24, 2.45) is 5.41 Å². The van der Waals surface area contributed by atoms with Gasteiger partial charge < -0.3 is 4.42 Å². The molecule has 0 amide bonds. The zero-order chi connectivity index (χ0) is 12.5. The van der Waals surface area contributed by atoms with Crippen LogP contribution in [0.25, 0.3) is 11.0 Å². The largest absolute Gasteiger partial charge is 0.464 e. The van der Waals surface area contributed by atoms with Crippen LogP contribution in [0.1, 0.15) is 19.4 Å². The summed E-state index contributed by atoms with van der Waals surface area (Å²) in [6, 6.07) is 7.15. The van der Waals surface area contributed by atoms with Crippen molar-refractivity contribution in [3.63, 3.8) is 0 Å². The van der Waals surface area contributed by atoms with Crippen LogP contribution in [0.3, 0.4) is 0 Å². The van der Waals surface area contributed by atoms with Crippen LogP contribution in [0.5, 0.6) is 0 Å². The van der Waals surface area contributed by atoms with Crippen LogP contribution in [0.15, 0.2) is 39.7 Å². The van der Waals surface area contributed by atoms with Crippen LogP contribution < -0.4 is 5.43 Å². The van der Waals surface area contributed by atoms with Gasteiger partial charge >= 0.3 is 0 Å². The molecule has 17 heavy (non-hydrogen) atoms. The first-order valence-corrected chi connectivity index (χ1v) is 5.96. The average molecular weight is 246 g/mol. The Balaban J connectivity index is 2.48. The SMILES string of the molecule is CC(C)(C=S)Cc1ccc2occc(=O)c2c1. The minimum Gasteiger partial charge on any atom is -0.464 e. The summed E-state index contributed by atoms with van der Waals surface area (Å²) in [5, 5.41) is 2.40. The van der Waals surface area contributed by atoms with Crippen molar-refractivity contribution in [3.05, 3.63) is 46.3 Å². The maximum Gasteiger partial charge on any atom is 0.192 e. The third-order valence-corrected chi connectivity index (χ3v) is 3.34. The summed E-state index contributed by atoms with van der Waals surface area (Å²) in [6.07, 6.45) is 2.24. The molecule has 0 aliphatic heterocycles. The highest BCUT2D eigenvalue weighted by Gasteiger charge is 2.15. The van der Waals surface area contributed by atoms with E-state index in [0.717, 1.165) is 12.0 Å². The fraction of sp³-hybridized carbons (Fsp3) is 0.286. The van der Waals surface area contributed by atoms with Gasteiger partial charge in [0.1, 0.15) is 5.58 Å². The number of rotatable bonds is 3. The van der Waals surface area contributed by atoms with E-state index in [1.807, 2.05) is 18.2 Å². The van der Waals surface area contributed by atoms with Gasteiger partial charge in [0.15, 0.2) is 5.43 Å². The lowest BCUT2D eigenvalue weighted by Gasteiger charge is -2.18. The van der Waals surface area contributed by atoms with E-state index in [1.165, 1.54) is 12.3 Å². The third-order valence-electron chi connectivity index (χ3n) is 2.70. The van der Waals surface area contributed by atoms with E-state index in [-0.39, 0.29) is 10.8 Å². The Morgan fingerprint density at radius 3 is 2.82 bits per heavy atom.